The zero-order valence-electron chi connectivity index (χ0n) is 11.1. The van der Waals surface area contributed by atoms with Gasteiger partial charge in [-0.05, 0) is 37.7 Å². The summed E-state index contributed by atoms with van der Waals surface area (Å²) in [6, 6.07) is 4.01. The predicted octanol–water partition coefficient (Wildman–Crippen LogP) is 2.19. The summed E-state index contributed by atoms with van der Waals surface area (Å²) in [6.07, 6.45) is 6.18. The number of thioether (sulfide) groups is 1. The molecule has 0 saturated heterocycles. The number of terminal acetylenes is 1. The van der Waals surface area contributed by atoms with E-state index in [1.165, 1.54) is 0 Å². The van der Waals surface area contributed by atoms with Gasteiger partial charge in [0, 0.05) is 0 Å². The van der Waals surface area contributed by atoms with Gasteiger partial charge in [0.25, 0.3) is 0 Å². The van der Waals surface area contributed by atoms with Crippen molar-refractivity contribution in [3.8, 4) is 23.8 Å². The Kier molecular flexibility index (Phi) is 6.48. The Balaban J connectivity index is 3.03. The Hall–Kier alpha value is -1.31. The van der Waals surface area contributed by atoms with E-state index in [9.17, 15) is 0 Å². The lowest BCUT2D eigenvalue weighted by Crippen LogP contribution is -2.11. The van der Waals surface area contributed by atoms with E-state index in [4.69, 9.17) is 15.9 Å². The first-order chi connectivity index (χ1) is 8.76. The number of rotatable bonds is 7. The Morgan fingerprint density at radius 2 is 2.00 bits per heavy atom. The van der Waals surface area contributed by atoms with Crippen molar-refractivity contribution in [2.45, 2.75) is 11.3 Å². The molecule has 1 aromatic carbocycles. The minimum absolute atomic E-state index is 0.620. The number of benzene rings is 1. The predicted molar refractivity (Wildman–Crippen MR) is 76.7 cm³/mol. The molecule has 0 radical (unpaired) electrons. The van der Waals surface area contributed by atoms with Crippen LogP contribution in [-0.2, 0) is 6.42 Å². The van der Waals surface area contributed by atoms with E-state index in [-0.39, 0.29) is 0 Å². The van der Waals surface area contributed by atoms with Gasteiger partial charge in [0.15, 0.2) is 0 Å². The molecular formula is C14H19NO2S. The van der Waals surface area contributed by atoms with Crippen LogP contribution in [0.2, 0.25) is 0 Å². The van der Waals surface area contributed by atoms with E-state index in [0.29, 0.717) is 5.75 Å². The van der Waals surface area contributed by atoms with Gasteiger partial charge >= 0.3 is 0 Å². The van der Waals surface area contributed by atoms with E-state index >= 15 is 0 Å². The third-order valence-electron chi connectivity index (χ3n) is 2.52. The van der Waals surface area contributed by atoms with Crippen molar-refractivity contribution in [1.29, 1.82) is 0 Å². The molecule has 0 atom stereocenters. The highest BCUT2D eigenvalue weighted by atomic mass is 32.2. The van der Waals surface area contributed by atoms with Crippen LogP contribution in [0, 0.1) is 12.3 Å². The summed E-state index contributed by atoms with van der Waals surface area (Å²) in [7, 11) is 5.28. The molecule has 0 aliphatic heterocycles. The first kappa shape index (κ1) is 14.7. The molecule has 3 nitrogen and oxygen atoms in total. The second kappa shape index (κ2) is 7.91. The molecule has 0 aromatic heterocycles. The normalized spacial score (nSPS) is 9.89. The van der Waals surface area contributed by atoms with E-state index in [1.54, 1.807) is 26.0 Å². The maximum atomic E-state index is 5.41. The van der Waals surface area contributed by atoms with Gasteiger partial charge in [0.1, 0.15) is 11.5 Å². The van der Waals surface area contributed by atoms with E-state index in [0.717, 1.165) is 34.9 Å². The molecule has 1 rings (SSSR count). The maximum absolute atomic E-state index is 5.41. The summed E-state index contributed by atoms with van der Waals surface area (Å²) in [5.74, 6) is 4.96. The number of hydrogen-bond acceptors (Lipinski definition) is 4. The lowest BCUT2D eigenvalue weighted by molar-refractivity contribution is 0.390. The van der Waals surface area contributed by atoms with Crippen LogP contribution in [0.1, 0.15) is 5.56 Å². The molecule has 0 unspecified atom stereocenters. The van der Waals surface area contributed by atoms with Crippen LogP contribution >= 0.6 is 11.8 Å². The van der Waals surface area contributed by atoms with Gasteiger partial charge in [-0.3, -0.25) is 0 Å². The number of likely N-dealkylation sites (N-methyl/N-ethyl adjacent to an activating group) is 1. The van der Waals surface area contributed by atoms with Crippen molar-refractivity contribution in [1.82, 2.24) is 5.32 Å². The molecule has 0 spiro atoms. The molecule has 0 amide bonds. The van der Waals surface area contributed by atoms with Gasteiger partial charge in [0.05, 0.1) is 24.9 Å². The summed E-state index contributed by atoms with van der Waals surface area (Å²) in [6.45, 7) is 0.899. The fraction of sp³-hybridized carbons (Fsp3) is 0.429. The number of ether oxygens (including phenoxy) is 2. The second-order valence-electron chi connectivity index (χ2n) is 3.66. The highest BCUT2D eigenvalue weighted by Gasteiger charge is 2.11. The van der Waals surface area contributed by atoms with Crippen molar-refractivity contribution in [3.05, 3.63) is 17.7 Å². The van der Waals surface area contributed by atoms with E-state index in [1.807, 2.05) is 19.2 Å². The van der Waals surface area contributed by atoms with Crippen molar-refractivity contribution < 1.29 is 9.47 Å². The third-order valence-corrected chi connectivity index (χ3v) is 3.46. The summed E-state index contributed by atoms with van der Waals surface area (Å²) in [5.41, 5.74) is 1.13. The average Bonchev–Trinajstić information content (AvgIpc) is 2.42. The molecule has 98 valence electrons. The quantitative estimate of drug-likeness (QED) is 0.605. The van der Waals surface area contributed by atoms with Crippen molar-refractivity contribution in [2.75, 3.05) is 33.6 Å². The standard InChI is InChI=1S/C14H19NO2S/c1-5-8-18-14-10-12(16-3)11(6-7-15-2)9-13(14)17-4/h1,9-10,15H,6-8H2,2-4H3. The number of nitrogens with one attached hydrogen (secondary N) is 1. The topological polar surface area (TPSA) is 30.5 Å². The van der Waals surface area contributed by atoms with E-state index in [2.05, 4.69) is 11.2 Å². The highest BCUT2D eigenvalue weighted by Crippen LogP contribution is 2.35. The van der Waals surface area contributed by atoms with Crippen LogP contribution in [0.15, 0.2) is 17.0 Å². The Bertz CT molecular complexity index is 427. The summed E-state index contributed by atoms with van der Waals surface area (Å²) >= 11 is 1.58. The van der Waals surface area contributed by atoms with Crippen molar-refractivity contribution >= 4 is 11.8 Å². The molecular weight excluding hydrogens is 246 g/mol. The van der Waals surface area contributed by atoms with Crippen LogP contribution in [0.3, 0.4) is 0 Å². The zero-order valence-corrected chi connectivity index (χ0v) is 11.9. The van der Waals surface area contributed by atoms with Crippen molar-refractivity contribution in [2.24, 2.45) is 0 Å². The van der Waals surface area contributed by atoms with Crippen molar-refractivity contribution in [3.63, 3.8) is 0 Å². The van der Waals surface area contributed by atoms with Gasteiger partial charge < -0.3 is 14.8 Å². The molecule has 1 N–H and O–H groups in total. The summed E-state index contributed by atoms with van der Waals surface area (Å²) in [5, 5.41) is 3.13. The van der Waals surface area contributed by atoms with Crippen LogP contribution in [0.5, 0.6) is 11.5 Å². The van der Waals surface area contributed by atoms with Gasteiger partial charge in [-0.25, -0.2) is 0 Å². The largest absolute Gasteiger partial charge is 0.496 e. The lowest BCUT2D eigenvalue weighted by Gasteiger charge is -2.14. The second-order valence-corrected chi connectivity index (χ2v) is 4.68. The number of methoxy groups -OCH3 is 2. The van der Waals surface area contributed by atoms with Crippen LogP contribution < -0.4 is 14.8 Å². The van der Waals surface area contributed by atoms with Crippen LogP contribution in [-0.4, -0.2) is 33.6 Å². The minimum atomic E-state index is 0.620. The zero-order chi connectivity index (χ0) is 13.4. The number of hydrogen-bond donors (Lipinski definition) is 1. The minimum Gasteiger partial charge on any atom is -0.496 e. The van der Waals surface area contributed by atoms with Gasteiger partial charge in [-0.15, -0.1) is 18.2 Å². The molecule has 1 aromatic rings. The fourth-order valence-corrected chi connectivity index (χ4v) is 2.33. The highest BCUT2D eigenvalue weighted by molar-refractivity contribution is 7.99. The smallest absolute Gasteiger partial charge is 0.132 e. The lowest BCUT2D eigenvalue weighted by atomic mass is 10.1. The SMILES string of the molecule is C#CCSc1cc(OC)c(CCNC)cc1OC. The molecule has 0 saturated carbocycles. The van der Waals surface area contributed by atoms with Crippen LogP contribution in [0.4, 0.5) is 0 Å². The monoisotopic (exact) mass is 265 g/mol. The van der Waals surface area contributed by atoms with E-state index < -0.39 is 0 Å². The molecule has 18 heavy (non-hydrogen) atoms. The Morgan fingerprint density at radius 1 is 1.28 bits per heavy atom. The fourth-order valence-electron chi connectivity index (χ4n) is 1.62. The van der Waals surface area contributed by atoms with Crippen LogP contribution in [0.25, 0.3) is 0 Å². The third kappa shape index (κ3) is 3.86. The average molecular weight is 265 g/mol. The summed E-state index contributed by atoms with van der Waals surface area (Å²) in [4.78, 5) is 1.01. The van der Waals surface area contributed by atoms with Gasteiger partial charge in [0.2, 0.25) is 0 Å². The van der Waals surface area contributed by atoms with Gasteiger partial charge in [-0.2, -0.15) is 0 Å². The molecule has 0 fully saturated rings. The Labute approximate surface area is 113 Å². The molecule has 0 bridgehead atoms. The maximum Gasteiger partial charge on any atom is 0.132 e. The first-order valence-corrected chi connectivity index (χ1v) is 6.71. The Morgan fingerprint density at radius 3 is 2.56 bits per heavy atom. The molecule has 0 aliphatic rings. The molecule has 0 heterocycles. The first-order valence-electron chi connectivity index (χ1n) is 5.72. The molecule has 0 aliphatic carbocycles. The van der Waals surface area contributed by atoms with Gasteiger partial charge in [-0.1, -0.05) is 5.92 Å². The molecule has 4 heteroatoms. The summed E-state index contributed by atoms with van der Waals surface area (Å²) < 4.78 is 10.8.